The molecule has 98 valence electrons. The lowest BCUT2D eigenvalue weighted by molar-refractivity contribution is 0.102. The normalized spacial score (nSPS) is 10.3. The summed E-state index contributed by atoms with van der Waals surface area (Å²) in [5, 5.41) is 2.30. The van der Waals surface area contributed by atoms with Gasteiger partial charge in [0, 0.05) is 5.69 Å². The smallest absolute Gasteiger partial charge is 0.258 e. The first-order valence-corrected chi connectivity index (χ1v) is 5.74. The van der Waals surface area contributed by atoms with Crippen molar-refractivity contribution in [3.63, 3.8) is 0 Å². The van der Waals surface area contributed by atoms with Crippen molar-refractivity contribution in [3.8, 4) is 0 Å². The molecule has 1 aromatic carbocycles. The fourth-order valence-corrected chi connectivity index (χ4v) is 1.73. The zero-order valence-corrected chi connectivity index (χ0v) is 10.6. The first kappa shape index (κ1) is 13.4. The second-order valence-corrected chi connectivity index (χ2v) is 4.27. The van der Waals surface area contributed by atoms with E-state index in [0.717, 1.165) is 12.1 Å². The van der Waals surface area contributed by atoms with Gasteiger partial charge in [-0.05, 0) is 31.2 Å². The van der Waals surface area contributed by atoms with E-state index in [1.807, 2.05) is 0 Å². The third-order valence-corrected chi connectivity index (χ3v) is 2.70. The zero-order valence-electron chi connectivity index (χ0n) is 9.88. The Morgan fingerprint density at radius 3 is 2.63 bits per heavy atom. The quantitative estimate of drug-likeness (QED) is 0.856. The van der Waals surface area contributed by atoms with Gasteiger partial charge in [0.2, 0.25) is 0 Å². The van der Waals surface area contributed by atoms with E-state index in [-0.39, 0.29) is 10.6 Å². The summed E-state index contributed by atoms with van der Waals surface area (Å²) in [6, 6.07) is 6.57. The molecule has 19 heavy (non-hydrogen) atoms. The minimum absolute atomic E-state index is 0.149. The molecular weight excluding hydrogens is 274 g/mol. The molecule has 0 radical (unpaired) electrons. The molecule has 0 bridgehead atoms. The Kier molecular flexibility index (Phi) is 3.76. The van der Waals surface area contributed by atoms with Crippen LogP contribution in [0.15, 0.2) is 30.3 Å². The van der Waals surface area contributed by atoms with Crippen LogP contribution in [0.5, 0.6) is 0 Å². The third kappa shape index (κ3) is 3.06. The number of carbonyl (C=O) groups is 1. The first-order chi connectivity index (χ1) is 8.97. The van der Waals surface area contributed by atoms with Crippen molar-refractivity contribution >= 4 is 23.3 Å². The number of carbonyl (C=O) groups excluding carboxylic acids is 1. The van der Waals surface area contributed by atoms with Gasteiger partial charge in [0.15, 0.2) is 11.6 Å². The van der Waals surface area contributed by atoms with Crippen LogP contribution in [0.4, 0.5) is 14.6 Å². The summed E-state index contributed by atoms with van der Waals surface area (Å²) in [5.41, 5.74) is 0.568. The average Bonchev–Trinajstić information content (AvgIpc) is 2.33. The summed E-state index contributed by atoms with van der Waals surface area (Å²) in [4.78, 5) is 16.0. The monoisotopic (exact) mass is 282 g/mol. The zero-order chi connectivity index (χ0) is 14.0. The van der Waals surface area contributed by atoms with Crippen LogP contribution in [-0.2, 0) is 0 Å². The molecule has 0 aliphatic carbocycles. The highest BCUT2D eigenvalue weighted by molar-refractivity contribution is 6.34. The van der Waals surface area contributed by atoms with Crippen LogP contribution in [0.25, 0.3) is 0 Å². The Labute approximate surface area is 113 Å². The molecule has 2 rings (SSSR count). The highest BCUT2D eigenvalue weighted by Crippen LogP contribution is 2.21. The maximum Gasteiger partial charge on any atom is 0.258 e. The molecule has 6 heteroatoms. The molecule has 3 nitrogen and oxygen atoms in total. The van der Waals surface area contributed by atoms with E-state index in [4.69, 9.17) is 11.6 Å². The van der Waals surface area contributed by atoms with Gasteiger partial charge in [-0.25, -0.2) is 13.8 Å². The number of pyridine rings is 1. The number of hydrogen-bond acceptors (Lipinski definition) is 2. The Balaban J connectivity index is 2.28. The number of amides is 1. The molecular formula is C13H9ClF2N2O. The number of nitrogens with zero attached hydrogens (tertiary/aromatic N) is 1. The van der Waals surface area contributed by atoms with E-state index < -0.39 is 17.5 Å². The van der Waals surface area contributed by atoms with E-state index in [1.54, 1.807) is 25.1 Å². The molecule has 0 unspecified atom stereocenters. The van der Waals surface area contributed by atoms with Crippen molar-refractivity contribution in [2.45, 2.75) is 6.92 Å². The van der Waals surface area contributed by atoms with Gasteiger partial charge < -0.3 is 5.32 Å². The Bertz CT molecular complexity index is 647. The van der Waals surface area contributed by atoms with Crippen LogP contribution in [0.1, 0.15) is 16.1 Å². The highest BCUT2D eigenvalue weighted by atomic mass is 35.5. The van der Waals surface area contributed by atoms with Gasteiger partial charge in [0.25, 0.3) is 5.91 Å². The maximum atomic E-state index is 13.1. The highest BCUT2D eigenvalue weighted by Gasteiger charge is 2.15. The predicted molar refractivity (Wildman–Crippen MR) is 68.3 cm³/mol. The van der Waals surface area contributed by atoms with E-state index in [9.17, 15) is 13.6 Å². The minimum Gasteiger partial charge on any atom is -0.307 e. The lowest BCUT2D eigenvalue weighted by Crippen LogP contribution is -2.14. The van der Waals surface area contributed by atoms with Gasteiger partial charge in [-0.2, -0.15) is 0 Å². The standard InChI is InChI=1S/C13H9ClF2N2O/c1-7-3-2-4-12(17-7)18-13(19)8-5-10(15)11(16)6-9(8)14/h2-6H,1H3,(H,17,18,19). The molecule has 0 spiro atoms. The second-order valence-electron chi connectivity index (χ2n) is 3.86. The van der Waals surface area contributed by atoms with E-state index >= 15 is 0 Å². The van der Waals surface area contributed by atoms with Gasteiger partial charge in [0.05, 0.1) is 10.6 Å². The van der Waals surface area contributed by atoms with Crippen LogP contribution in [-0.4, -0.2) is 10.9 Å². The van der Waals surface area contributed by atoms with Crippen LogP contribution < -0.4 is 5.32 Å². The van der Waals surface area contributed by atoms with Crippen molar-refractivity contribution in [2.75, 3.05) is 5.32 Å². The fraction of sp³-hybridized carbons (Fsp3) is 0.0769. The van der Waals surface area contributed by atoms with Crippen LogP contribution >= 0.6 is 11.6 Å². The second kappa shape index (κ2) is 5.32. The number of aryl methyl sites for hydroxylation is 1. The number of hydrogen-bond donors (Lipinski definition) is 1. The fourth-order valence-electron chi connectivity index (χ4n) is 1.49. The SMILES string of the molecule is Cc1cccc(NC(=O)c2cc(F)c(F)cc2Cl)n1. The van der Waals surface area contributed by atoms with Crippen LogP contribution in [0.2, 0.25) is 5.02 Å². The summed E-state index contributed by atoms with van der Waals surface area (Å²) in [6.45, 7) is 1.76. The molecule has 0 saturated carbocycles. The van der Waals surface area contributed by atoms with Gasteiger partial charge in [0.1, 0.15) is 5.82 Å². The van der Waals surface area contributed by atoms with Crippen LogP contribution in [0, 0.1) is 18.6 Å². The third-order valence-electron chi connectivity index (χ3n) is 2.38. The van der Waals surface area contributed by atoms with Gasteiger partial charge in [-0.1, -0.05) is 17.7 Å². The molecule has 0 atom stereocenters. The molecule has 1 N–H and O–H groups in total. The van der Waals surface area contributed by atoms with Crippen molar-refractivity contribution in [3.05, 3.63) is 58.2 Å². The number of halogens is 3. The van der Waals surface area contributed by atoms with Crippen molar-refractivity contribution in [1.29, 1.82) is 0 Å². The van der Waals surface area contributed by atoms with Crippen LogP contribution in [0.3, 0.4) is 0 Å². The van der Waals surface area contributed by atoms with Crippen molar-refractivity contribution in [1.82, 2.24) is 4.98 Å². The van der Waals surface area contributed by atoms with Gasteiger partial charge >= 0.3 is 0 Å². The van der Waals surface area contributed by atoms with Crippen molar-refractivity contribution in [2.24, 2.45) is 0 Å². The molecule has 2 aromatic rings. The summed E-state index contributed by atoms with van der Waals surface area (Å²) in [7, 11) is 0. The Morgan fingerprint density at radius 1 is 1.26 bits per heavy atom. The number of aromatic nitrogens is 1. The molecule has 0 aliphatic rings. The summed E-state index contributed by atoms with van der Waals surface area (Å²) in [5.74, 6) is -2.57. The molecule has 1 aromatic heterocycles. The van der Waals surface area contributed by atoms with Gasteiger partial charge in [-0.3, -0.25) is 4.79 Å². The summed E-state index contributed by atoms with van der Waals surface area (Å²) in [6.07, 6.45) is 0. The molecule has 1 amide bonds. The number of nitrogens with one attached hydrogen (secondary N) is 1. The van der Waals surface area contributed by atoms with E-state index in [0.29, 0.717) is 11.5 Å². The molecule has 0 saturated heterocycles. The first-order valence-electron chi connectivity index (χ1n) is 5.37. The summed E-state index contributed by atoms with van der Waals surface area (Å²) >= 11 is 5.71. The van der Waals surface area contributed by atoms with Crippen molar-refractivity contribution < 1.29 is 13.6 Å². The molecule has 1 heterocycles. The van der Waals surface area contributed by atoms with E-state index in [1.165, 1.54) is 0 Å². The lowest BCUT2D eigenvalue weighted by Gasteiger charge is -2.07. The topological polar surface area (TPSA) is 42.0 Å². The molecule has 0 aliphatic heterocycles. The summed E-state index contributed by atoms with van der Waals surface area (Å²) < 4.78 is 26.0. The minimum atomic E-state index is -1.13. The Hall–Kier alpha value is -2.01. The van der Waals surface area contributed by atoms with E-state index in [2.05, 4.69) is 10.3 Å². The lowest BCUT2D eigenvalue weighted by atomic mass is 10.2. The number of rotatable bonds is 2. The maximum absolute atomic E-state index is 13.1. The Morgan fingerprint density at radius 2 is 1.95 bits per heavy atom. The predicted octanol–water partition coefficient (Wildman–Crippen LogP) is 3.57. The average molecular weight is 283 g/mol. The molecule has 0 fully saturated rings. The largest absolute Gasteiger partial charge is 0.307 e. The number of benzene rings is 1. The number of anilines is 1. The van der Waals surface area contributed by atoms with Gasteiger partial charge in [-0.15, -0.1) is 0 Å².